The molecule has 1 aromatic heterocycles. The minimum atomic E-state index is -0.326. The number of thioether (sulfide) groups is 1. The van der Waals surface area contributed by atoms with Gasteiger partial charge in [0, 0.05) is 17.0 Å². The molecule has 7 heteroatoms. The van der Waals surface area contributed by atoms with Gasteiger partial charge in [-0.2, -0.15) is 4.98 Å². The average molecular weight is 435 g/mol. The van der Waals surface area contributed by atoms with Crippen LogP contribution in [-0.4, -0.2) is 27.2 Å². The highest BCUT2D eigenvalue weighted by molar-refractivity contribution is 7.98. The molecule has 0 fully saturated rings. The van der Waals surface area contributed by atoms with Crippen molar-refractivity contribution < 1.29 is 9.53 Å². The number of allylic oxidation sites excluding steroid dienone is 2. The van der Waals surface area contributed by atoms with Crippen molar-refractivity contribution in [1.29, 1.82) is 0 Å². The molecule has 160 valence electrons. The number of ketones is 1. The van der Waals surface area contributed by atoms with Crippen LogP contribution in [0.4, 0.5) is 5.95 Å². The zero-order valence-electron chi connectivity index (χ0n) is 18.0. The van der Waals surface area contributed by atoms with E-state index in [2.05, 4.69) is 29.4 Å². The summed E-state index contributed by atoms with van der Waals surface area (Å²) in [4.78, 5) is 17.2. The van der Waals surface area contributed by atoms with Gasteiger partial charge in [0.25, 0.3) is 0 Å². The third kappa shape index (κ3) is 4.66. The van der Waals surface area contributed by atoms with Gasteiger partial charge in [0.05, 0.1) is 6.61 Å². The monoisotopic (exact) mass is 434 g/mol. The van der Waals surface area contributed by atoms with E-state index in [1.165, 1.54) is 5.56 Å². The highest BCUT2D eigenvalue weighted by atomic mass is 32.2. The Bertz CT molecular complexity index is 1090. The second-order valence-corrected chi connectivity index (χ2v) is 8.42. The Morgan fingerprint density at radius 3 is 2.58 bits per heavy atom. The predicted octanol–water partition coefficient (Wildman–Crippen LogP) is 5.24. The van der Waals surface area contributed by atoms with Crippen LogP contribution in [0.25, 0.3) is 0 Å². The molecule has 1 atom stereocenters. The molecule has 0 spiro atoms. The fourth-order valence-corrected chi connectivity index (χ4v) is 4.43. The van der Waals surface area contributed by atoms with Crippen molar-refractivity contribution in [2.24, 2.45) is 0 Å². The molecule has 2 aromatic carbocycles. The number of nitrogens with zero attached hydrogens (tertiary/aromatic N) is 3. The van der Waals surface area contributed by atoms with Gasteiger partial charge in [0.1, 0.15) is 11.8 Å². The van der Waals surface area contributed by atoms with Crippen LogP contribution in [0, 0.1) is 0 Å². The van der Waals surface area contributed by atoms with E-state index >= 15 is 0 Å². The number of Topliss-reactive ketones (excluding diaryl/α,β-unsaturated/α-hetero) is 1. The molecule has 0 saturated heterocycles. The summed E-state index contributed by atoms with van der Waals surface area (Å²) in [5, 5.41) is 8.69. The van der Waals surface area contributed by atoms with Gasteiger partial charge in [-0.3, -0.25) is 4.79 Å². The van der Waals surface area contributed by atoms with Crippen molar-refractivity contribution in [3.63, 3.8) is 0 Å². The van der Waals surface area contributed by atoms with E-state index in [9.17, 15) is 4.79 Å². The summed E-state index contributed by atoms with van der Waals surface area (Å²) < 4.78 is 7.53. The molecule has 0 aliphatic carbocycles. The molecule has 6 nitrogen and oxygen atoms in total. The molecule has 0 amide bonds. The number of carbonyl (C=O) groups is 1. The standard InChI is InChI=1S/C24H26N4O2S/c1-4-14-30-20-12-10-19(11-13-20)22-21(17(3)29)16(2)25-23-26-24(27-28(22)23)31-15-18-8-6-5-7-9-18/h5-13,22H,4,14-15H2,1-3H3,(H,25,26,27). The lowest BCUT2D eigenvalue weighted by Crippen LogP contribution is -2.27. The van der Waals surface area contributed by atoms with Crippen LogP contribution in [-0.2, 0) is 10.5 Å². The lowest BCUT2D eigenvalue weighted by molar-refractivity contribution is -0.114. The molecule has 4 rings (SSSR count). The number of benzene rings is 2. The molecule has 31 heavy (non-hydrogen) atoms. The molecule has 0 radical (unpaired) electrons. The normalized spacial score (nSPS) is 15.4. The first-order valence-electron chi connectivity index (χ1n) is 10.4. The summed E-state index contributed by atoms with van der Waals surface area (Å²) >= 11 is 1.58. The SMILES string of the molecule is CCCOc1ccc(C2C(C(C)=O)=C(C)Nc3nc(SCc4ccccc4)nn32)cc1. The van der Waals surface area contributed by atoms with Gasteiger partial charge >= 0.3 is 0 Å². The Kier molecular flexibility index (Phi) is 6.42. The Hall–Kier alpha value is -3.06. The van der Waals surface area contributed by atoms with Crippen molar-refractivity contribution in [2.45, 2.75) is 44.1 Å². The molecule has 0 bridgehead atoms. The van der Waals surface area contributed by atoms with Crippen molar-refractivity contribution in [1.82, 2.24) is 14.8 Å². The Balaban J connectivity index is 1.64. The van der Waals surface area contributed by atoms with Gasteiger partial charge in [-0.05, 0) is 43.5 Å². The predicted molar refractivity (Wildman–Crippen MR) is 123 cm³/mol. The number of anilines is 1. The first-order valence-corrected chi connectivity index (χ1v) is 11.4. The molecule has 1 N–H and O–H groups in total. The van der Waals surface area contributed by atoms with Crippen LogP contribution < -0.4 is 10.1 Å². The van der Waals surface area contributed by atoms with E-state index in [-0.39, 0.29) is 11.8 Å². The molecular formula is C24H26N4O2S. The number of rotatable bonds is 8. The van der Waals surface area contributed by atoms with Crippen molar-refractivity contribution in [3.05, 3.63) is 77.0 Å². The average Bonchev–Trinajstić information content (AvgIpc) is 3.18. The topological polar surface area (TPSA) is 69.0 Å². The third-order valence-electron chi connectivity index (χ3n) is 5.09. The van der Waals surface area contributed by atoms with Crippen molar-refractivity contribution in [2.75, 3.05) is 11.9 Å². The Labute approximate surface area is 186 Å². The van der Waals surface area contributed by atoms with Crippen LogP contribution in [0.1, 0.15) is 44.4 Å². The number of carbonyl (C=O) groups excluding carboxylic acids is 1. The summed E-state index contributed by atoms with van der Waals surface area (Å²) in [5.74, 6) is 2.27. The number of aromatic nitrogens is 3. The van der Waals surface area contributed by atoms with Crippen LogP contribution in [0.15, 0.2) is 71.0 Å². The van der Waals surface area contributed by atoms with Gasteiger partial charge in [0.2, 0.25) is 11.1 Å². The quantitative estimate of drug-likeness (QED) is 0.489. The number of fused-ring (bicyclic) bond motifs is 1. The van der Waals surface area contributed by atoms with Crippen molar-refractivity contribution >= 4 is 23.5 Å². The Morgan fingerprint density at radius 2 is 1.90 bits per heavy atom. The second kappa shape index (κ2) is 9.39. The number of hydrogen-bond acceptors (Lipinski definition) is 6. The summed E-state index contributed by atoms with van der Waals surface area (Å²) in [6, 6.07) is 17.8. The van der Waals surface area contributed by atoms with Gasteiger partial charge in [0.15, 0.2) is 5.78 Å². The molecule has 3 aromatic rings. The molecule has 1 aliphatic rings. The molecule has 0 saturated carbocycles. The largest absolute Gasteiger partial charge is 0.494 e. The molecule has 1 unspecified atom stereocenters. The third-order valence-corrected chi connectivity index (χ3v) is 6.00. The maximum atomic E-state index is 12.5. The highest BCUT2D eigenvalue weighted by Crippen LogP contribution is 2.37. The van der Waals surface area contributed by atoms with E-state index in [4.69, 9.17) is 9.84 Å². The van der Waals surface area contributed by atoms with E-state index in [0.29, 0.717) is 23.3 Å². The maximum absolute atomic E-state index is 12.5. The number of ether oxygens (including phenoxy) is 1. The van der Waals surface area contributed by atoms with Crippen LogP contribution in [0.3, 0.4) is 0 Å². The zero-order chi connectivity index (χ0) is 21.8. The van der Waals surface area contributed by atoms with Gasteiger partial charge in [-0.1, -0.05) is 61.2 Å². The number of nitrogens with one attached hydrogen (secondary N) is 1. The smallest absolute Gasteiger partial charge is 0.227 e. The number of hydrogen-bond donors (Lipinski definition) is 1. The molecule has 1 aliphatic heterocycles. The van der Waals surface area contributed by atoms with Crippen molar-refractivity contribution in [3.8, 4) is 5.75 Å². The molecular weight excluding hydrogens is 408 g/mol. The first kappa shape index (κ1) is 21.2. The van der Waals surface area contributed by atoms with Gasteiger partial charge in [-0.15, -0.1) is 5.10 Å². The lowest BCUT2D eigenvalue weighted by Gasteiger charge is -2.28. The maximum Gasteiger partial charge on any atom is 0.227 e. The van der Waals surface area contributed by atoms with E-state index in [1.54, 1.807) is 18.7 Å². The first-order chi connectivity index (χ1) is 15.1. The summed E-state index contributed by atoms with van der Waals surface area (Å²) in [7, 11) is 0. The van der Waals surface area contributed by atoms with E-state index < -0.39 is 0 Å². The summed E-state index contributed by atoms with van der Waals surface area (Å²) in [5.41, 5.74) is 3.69. The second-order valence-electron chi connectivity index (χ2n) is 7.48. The zero-order valence-corrected chi connectivity index (χ0v) is 18.8. The highest BCUT2D eigenvalue weighted by Gasteiger charge is 2.32. The van der Waals surface area contributed by atoms with Crippen LogP contribution in [0.2, 0.25) is 0 Å². The fraction of sp³-hybridized carbons (Fsp3) is 0.292. The Morgan fingerprint density at radius 1 is 1.16 bits per heavy atom. The van der Waals surface area contributed by atoms with E-state index in [1.807, 2.05) is 54.1 Å². The minimum absolute atomic E-state index is 0.0148. The van der Waals surface area contributed by atoms with Crippen LogP contribution >= 0.6 is 11.8 Å². The summed E-state index contributed by atoms with van der Waals surface area (Å²) in [6.45, 7) is 6.27. The lowest BCUT2D eigenvalue weighted by atomic mass is 9.93. The minimum Gasteiger partial charge on any atom is -0.494 e. The van der Waals surface area contributed by atoms with Crippen LogP contribution in [0.5, 0.6) is 5.75 Å². The summed E-state index contributed by atoms with van der Waals surface area (Å²) in [6.07, 6.45) is 0.957. The fourth-order valence-electron chi connectivity index (χ4n) is 3.65. The molecule has 2 heterocycles. The van der Waals surface area contributed by atoms with Gasteiger partial charge < -0.3 is 10.1 Å². The van der Waals surface area contributed by atoms with Gasteiger partial charge in [-0.25, -0.2) is 4.68 Å². The van der Waals surface area contributed by atoms with E-state index in [0.717, 1.165) is 29.2 Å².